The molecule has 1 aromatic carbocycles. The van der Waals surface area contributed by atoms with E-state index in [-0.39, 0.29) is 12.1 Å². The lowest BCUT2D eigenvalue weighted by Gasteiger charge is -2.26. The Balaban J connectivity index is 1.94. The Hall–Kier alpha value is -1.60. The van der Waals surface area contributed by atoms with E-state index in [1.54, 1.807) is 6.08 Å². The van der Waals surface area contributed by atoms with Gasteiger partial charge in [-0.1, -0.05) is 17.7 Å². The zero-order chi connectivity index (χ0) is 12.1. The summed E-state index contributed by atoms with van der Waals surface area (Å²) in [7, 11) is 0. The van der Waals surface area contributed by atoms with E-state index >= 15 is 0 Å². The lowest BCUT2D eigenvalue weighted by molar-refractivity contribution is 0.145. The minimum atomic E-state index is 0.0942. The number of isocyanates is 1. The van der Waals surface area contributed by atoms with Gasteiger partial charge in [0.2, 0.25) is 6.08 Å². The van der Waals surface area contributed by atoms with Gasteiger partial charge in [-0.05, 0) is 38.3 Å². The fraction of sp³-hybridized carbons (Fsp3) is 0.500. The number of hydrogen-bond acceptors (Lipinski definition) is 3. The number of benzene rings is 1. The molecule has 0 radical (unpaired) electrons. The van der Waals surface area contributed by atoms with Gasteiger partial charge in [-0.25, -0.2) is 9.79 Å². The number of ether oxygens (including phenoxy) is 1. The minimum Gasteiger partial charge on any atom is -0.490 e. The maximum atomic E-state index is 10.2. The molecule has 0 N–H and O–H groups in total. The zero-order valence-corrected chi connectivity index (χ0v) is 10.1. The minimum absolute atomic E-state index is 0.0942. The van der Waals surface area contributed by atoms with Crippen molar-refractivity contribution in [2.45, 2.75) is 44.8 Å². The van der Waals surface area contributed by atoms with E-state index in [0.29, 0.717) is 0 Å². The third-order valence-corrected chi connectivity index (χ3v) is 3.16. The summed E-state index contributed by atoms with van der Waals surface area (Å²) in [6.45, 7) is 2.05. The van der Waals surface area contributed by atoms with E-state index in [1.165, 1.54) is 5.56 Å². The van der Waals surface area contributed by atoms with Gasteiger partial charge in [0, 0.05) is 6.42 Å². The van der Waals surface area contributed by atoms with Crippen LogP contribution in [0.4, 0.5) is 0 Å². The standard InChI is InChI=1S/C14H17NO2/c1-11-5-7-13(8-6-11)17-14-4-2-3-12(9-14)15-10-16/h5-8,12,14H,2-4,9H2,1H3. The van der Waals surface area contributed by atoms with Crippen LogP contribution in [0.2, 0.25) is 0 Å². The molecule has 1 aliphatic carbocycles. The summed E-state index contributed by atoms with van der Waals surface area (Å²) in [6, 6.07) is 8.15. The predicted octanol–water partition coefficient (Wildman–Crippen LogP) is 3.02. The molecule has 2 rings (SSSR count). The number of rotatable bonds is 3. The largest absolute Gasteiger partial charge is 0.490 e. The van der Waals surface area contributed by atoms with E-state index in [4.69, 9.17) is 4.74 Å². The second-order valence-corrected chi connectivity index (χ2v) is 4.59. The summed E-state index contributed by atoms with van der Waals surface area (Å²) in [5.41, 5.74) is 1.23. The van der Waals surface area contributed by atoms with E-state index in [1.807, 2.05) is 24.3 Å². The Morgan fingerprint density at radius 2 is 2.06 bits per heavy atom. The molecule has 0 bridgehead atoms. The average molecular weight is 231 g/mol. The normalized spacial score (nSPS) is 23.8. The second kappa shape index (κ2) is 5.65. The third kappa shape index (κ3) is 3.43. The van der Waals surface area contributed by atoms with Crippen molar-refractivity contribution >= 4 is 6.08 Å². The summed E-state index contributed by atoms with van der Waals surface area (Å²) in [6.07, 6.45) is 5.72. The van der Waals surface area contributed by atoms with Gasteiger partial charge in [0.15, 0.2) is 0 Å². The molecule has 2 unspecified atom stereocenters. The van der Waals surface area contributed by atoms with Crippen LogP contribution >= 0.6 is 0 Å². The lowest BCUT2D eigenvalue weighted by Crippen LogP contribution is -2.27. The SMILES string of the molecule is Cc1ccc(OC2CCCC(N=C=O)C2)cc1. The monoisotopic (exact) mass is 231 g/mol. The van der Waals surface area contributed by atoms with Crippen LogP contribution in [-0.2, 0) is 4.79 Å². The summed E-state index contributed by atoms with van der Waals surface area (Å²) in [5, 5.41) is 0. The van der Waals surface area contributed by atoms with Gasteiger partial charge in [0.1, 0.15) is 11.9 Å². The highest BCUT2D eigenvalue weighted by atomic mass is 16.5. The Morgan fingerprint density at radius 1 is 1.29 bits per heavy atom. The van der Waals surface area contributed by atoms with E-state index in [2.05, 4.69) is 11.9 Å². The smallest absolute Gasteiger partial charge is 0.235 e. The number of carbonyl (C=O) groups excluding carboxylic acids is 1. The van der Waals surface area contributed by atoms with Crippen molar-refractivity contribution in [3.05, 3.63) is 29.8 Å². The topological polar surface area (TPSA) is 38.7 Å². The van der Waals surface area contributed by atoms with Gasteiger partial charge < -0.3 is 4.74 Å². The third-order valence-electron chi connectivity index (χ3n) is 3.16. The highest BCUT2D eigenvalue weighted by Crippen LogP contribution is 2.25. The molecule has 0 saturated heterocycles. The van der Waals surface area contributed by atoms with Crippen LogP contribution in [0.25, 0.3) is 0 Å². The molecular weight excluding hydrogens is 214 g/mol. The van der Waals surface area contributed by atoms with Crippen molar-refractivity contribution in [2.24, 2.45) is 4.99 Å². The fourth-order valence-electron chi connectivity index (χ4n) is 2.23. The van der Waals surface area contributed by atoms with Gasteiger partial charge in [-0.3, -0.25) is 0 Å². The van der Waals surface area contributed by atoms with Gasteiger partial charge >= 0.3 is 0 Å². The molecule has 0 spiro atoms. The summed E-state index contributed by atoms with van der Waals surface area (Å²) < 4.78 is 5.90. The summed E-state index contributed by atoms with van der Waals surface area (Å²) in [4.78, 5) is 14.0. The molecule has 3 heteroatoms. The number of aliphatic imine (C=N–C) groups is 1. The molecule has 0 amide bonds. The Labute approximate surface area is 102 Å². The van der Waals surface area contributed by atoms with E-state index in [0.717, 1.165) is 31.4 Å². The van der Waals surface area contributed by atoms with Crippen LogP contribution in [-0.4, -0.2) is 18.2 Å². The number of hydrogen-bond donors (Lipinski definition) is 0. The van der Waals surface area contributed by atoms with Gasteiger partial charge in [-0.15, -0.1) is 0 Å². The highest BCUT2D eigenvalue weighted by molar-refractivity contribution is 5.33. The van der Waals surface area contributed by atoms with Gasteiger partial charge in [0.25, 0.3) is 0 Å². The van der Waals surface area contributed by atoms with Crippen LogP contribution in [0.1, 0.15) is 31.2 Å². The Kier molecular flexibility index (Phi) is 3.94. The molecule has 1 aliphatic rings. The number of nitrogens with zero attached hydrogens (tertiary/aromatic N) is 1. The molecule has 90 valence electrons. The first-order valence-electron chi connectivity index (χ1n) is 6.08. The molecule has 1 aromatic rings. The molecule has 0 aliphatic heterocycles. The average Bonchev–Trinajstić information content (AvgIpc) is 2.33. The van der Waals surface area contributed by atoms with Gasteiger partial charge in [-0.2, -0.15) is 0 Å². The van der Waals surface area contributed by atoms with Crippen LogP contribution in [0, 0.1) is 6.92 Å². The predicted molar refractivity (Wildman–Crippen MR) is 66.0 cm³/mol. The van der Waals surface area contributed by atoms with Crippen molar-refractivity contribution in [1.29, 1.82) is 0 Å². The quantitative estimate of drug-likeness (QED) is 0.592. The molecule has 0 heterocycles. The summed E-state index contributed by atoms with van der Waals surface area (Å²) in [5.74, 6) is 0.899. The van der Waals surface area contributed by atoms with Crippen LogP contribution in [0.3, 0.4) is 0 Å². The molecule has 2 atom stereocenters. The van der Waals surface area contributed by atoms with Crippen LogP contribution in [0.15, 0.2) is 29.3 Å². The maximum absolute atomic E-state index is 10.2. The number of aryl methyl sites for hydroxylation is 1. The Bertz CT molecular complexity index is 407. The molecule has 1 saturated carbocycles. The second-order valence-electron chi connectivity index (χ2n) is 4.59. The van der Waals surface area contributed by atoms with Crippen molar-refractivity contribution in [2.75, 3.05) is 0 Å². The molecule has 3 nitrogen and oxygen atoms in total. The lowest BCUT2D eigenvalue weighted by atomic mass is 9.93. The van der Waals surface area contributed by atoms with Crippen molar-refractivity contribution in [1.82, 2.24) is 0 Å². The maximum Gasteiger partial charge on any atom is 0.235 e. The molecular formula is C14H17NO2. The van der Waals surface area contributed by atoms with Crippen molar-refractivity contribution in [3.8, 4) is 5.75 Å². The van der Waals surface area contributed by atoms with Gasteiger partial charge in [0.05, 0.1) is 6.04 Å². The van der Waals surface area contributed by atoms with E-state index < -0.39 is 0 Å². The highest BCUT2D eigenvalue weighted by Gasteiger charge is 2.22. The first kappa shape index (κ1) is 11.9. The first-order valence-corrected chi connectivity index (χ1v) is 6.08. The van der Waals surface area contributed by atoms with E-state index in [9.17, 15) is 4.79 Å². The van der Waals surface area contributed by atoms with Crippen LogP contribution < -0.4 is 4.74 Å². The van der Waals surface area contributed by atoms with Crippen LogP contribution in [0.5, 0.6) is 5.75 Å². The molecule has 0 aromatic heterocycles. The molecule has 1 fully saturated rings. The summed E-state index contributed by atoms with van der Waals surface area (Å²) >= 11 is 0. The Morgan fingerprint density at radius 3 is 2.76 bits per heavy atom. The fourth-order valence-corrected chi connectivity index (χ4v) is 2.23. The zero-order valence-electron chi connectivity index (χ0n) is 10.1. The van der Waals surface area contributed by atoms with Crippen molar-refractivity contribution < 1.29 is 9.53 Å². The molecule has 17 heavy (non-hydrogen) atoms. The first-order chi connectivity index (χ1) is 8.28. The van der Waals surface area contributed by atoms with Crippen molar-refractivity contribution in [3.63, 3.8) is 0 Å².